The lowest BCUT2D eigenvalue weighted by Crippen LogP contribution is -2.54. The third-order valence-electron chi connectivity index (χ3n) is 5.36. The van der Waals surface area contributed by atoms with Crippen LogP contribution in [0.3, 0.4) is 0 Å². The van der Waals surface area contributed by atoms with Gasteiger partial charge in [0, 0.05) is 49.9 Å². The Morgan fingerprint density at radius 2 is 1.68 bits per heavy atom. The zero-order valence-corrected chi connectivity index (χ0v) is 17.6. The summed E-state index contributed by atoms with van der Waals surface area (Å²) in [6.45, 7) is 6.16. The molecular weight excluding hydrogens is 394 g/mol. The first-order chi connectivity index (χ1) is 15.0. The van der Waals surface area contributed by atoms with Crippen LogP contribution in [0.4, 0.5) is 5.69 Å². The van der Waals surface area contributed by atoms with Gasteiger partial charge in [0.15, 0.2) is 0 Å². The number of aromatic nitrogens is 2. The minimum Gasteiger partial charge on any atom is -0.368 e. The third-order valence-corrected chi connectivity index (χ3v) is 5.36. The number of nitrogens with zero attached hydrogens (tertiary/aromatic N) is 4. The summed E-state index contributed by atoms with van der Waals surface area (Å²) >= 11 is 0. The van der Waals surface area contributed by atoms with Crippen molar-refractivity contribution in [2.75, 3.05) is 31.1 Å². The van der Waals surface area contributed by atoms with Crippen molar-refractivity contribution in [3.63, 3.8) is 0 Å². The lowest BCUT2D eigenvalue weighted by molar-refractivity contribution is -0.133. The number of benzene rings is 2. The zero-order valence-electron chi connectivity index (χ0n) is 17.6. The van der Waals surface area contributed by atoms with E-state index in [0.29, 0.717) is 30.4 Å². The molecule has 4 rings (SSSR count). The molecule has 1 aromatic heterocycles. The number of piperazine rings is 1. The summed E-state index contributed by atoms with van der Waals surface area (Å²) in [6, 6.07) is 16.3. The van der Waals surface area contributed by atoms with Crippen LogP contribution in [0.5, 0.6) is 0 Å². The average molecular weight is 419 g/mol. The van der Waals surface area contributed by atoms with E-state index >= 15 is 0 Å². The summed E-state index contributed by atoms with van der Waals surface area (Å²) < 4.78 is 5.03. The van der Waals surface area contributed by atoms with Crippen LogP contribution in [-0.2, 0) is 4.79 Å². The van der Waals surface area contributed by atoms with Crippen LogP contribution >= 0.6 is 0 Å². The summed E-state index contributed by atoms with van der Waals surface area (Å²) in [5.74, 6) is 0.809. The Morgan fingerprint density at radius 3 is 2.29 bits per heavy atom. The first-order valence-corrected chi connectivity index (χ1v) is 10.3. The molecule has 2 amide bonds. The predicted molar refractivity (Wildman–Crippen MR) is 117 cm³/mol. The summed E-state index contributed by atoms with van der Waals surface area (Å²) in [5, 5.41) is 6.74. The van der Waals surface area contributed by atoms with Gasteiger partial charge in [0.05, 0.1) is 0 Å². The van der Waals surface area contributed by atoms with Gasteiger partial charge < -0.3 is 19.6 Å². The largest absolute Gasteiger partial charge is 0.368 e. The van der Waals surface area contributed by atoms with Crippen molar-refractivity contribution in [3.8, 4) is 11.4 Å². The van der Waals surface area contributed by atoms with Crippen molar-refractivity contribution >= 4 is 17.5 Å². The molecule has 160 valence electrons. The number of rotatable bonds is 5. The number of amides is 2. The number of nitrogens with one attached hydrogen (secondary N) is 1. The minimum absolute atomic E-state index is 0.0632. The van der Waals surface area contributed by atoms with Crippen molar-refractivity contribution in [2.45, 2.75) is 19.9 Å². The Hall–Kier alpha value is -3.68. The van der Waals surface area contributed by atoms with Crippen LogP contribution in [0.2, 0.25) is 0 Å². The molecule has 8 nitrogen and oxygen atoms in total. The number of hydrogen-bond donors (Lipinski definition) is 1. The van der Waals surface area contributed by atoms with Crippen LogP contribution in [0, 0.1) is 6.92 Å². The van der Waals surface area contributed by atoms with Crippen molar-refractivity contribution in [1.29, 1.82) is 0 Å². The molecule has 1 N–H and O–H groups in total. The van der Waals surface area contributed by atoms with Crippen molar-refractivity contribution < 1.29 is 14.1 Å². The van der Waals surface area contributed by atoms with Gasteiger partial charge >= 0.3 is 0 Å². The average Bonchev–Trinajstić information content (AvgIpc) is 3.25. The lowest BCUT2D eigenvalue weighted by atomic mass is 10.1. The molecule has 0 saturated carbocycles. The van der Waals surface area contributed by atoms with Crippen molar-refractivity contribution in [3.05, 3.63) is 66.1 Å². The van der Waals surface area contributed by atoms with Gasteiger partial charge in [-0.05, 0) is 43.3 Å². The van der Waals surface area contributed by atoms with Crippen LogP contribution < -0.4 is 10.2 Å². The Balaban J connectivity index is 1.30. The molecule has 8 heteroatoms. The van der Waals surface area contributed by atoms with E-state index in [1.165, 1.54) is 0 Å². The highest BCUT2D eigenvalue weighted by atomic mass is 16.5. The first-order valence-electron chi connectivity index (χ1n) is 10.3. The molecule has 2 heterocycles. The van der Waals surface area contributed by atoms with Crippen LogP contribution in [-0.4, -0.2) is 59.1 Å². The van der Waals surface area contributed by atoms with E-state index in [2.05, 4.69) is 20.4 Å². The predicted octanol–water partition coefficient (Wildman–Crippen LogP) is 2.51. The van der Waals surface area contributed by atoms with Crippen molar-refractivity contribution in [2.24, 2.45) is 0 Å². The molecule has 1 aliphatic rings. The van der Waals surface area contributed by atoms with Gasteiger partial charge in [-0.15, -0.1) is 0 Å². The highest BCUT2D eigenvalue weighted by Crippen LogP contribution is 2.22. The quantitative estimate of drug-likeness (QED) is 0.683. The number of aryl methyl sites for hydroxylation is 1. The molecule has 1 fully saturated rings. The molecule has 0 aliphatic carbocycles. The number of carbonyl (C=O) groups excluding carboxylic acids is 2. The minimum atomic E-state index is -0.572. The van der Waals surface area contributed by atoms with Crippen LogP contribution in [0.1, 0.15) is 23.2 Å². The second kappa shape index (κ2) is 8.99. The highest BCUT2D eigenvalue weighted by molar-refractivity contribution is 5.97. The molecule has 0 spiro atoms. The maximum Gasteiger partial charge on any atom is 0.251 e. The van der Waals surface area contributed by atoms with E-state index in [9.17, 15) is 9.59 Å². The maximum atomic E-state index is 12.8. The Labute approximate surface area is 180 Å². The summed E-state index contributed by atoms with van der Waals surface area (Å²) in [5.41, 5.74) is 2.53. The van der Waals surface area contributed by atoms with E-state index in [1.54, 1.807) is 38.1 Å². The highest BCUT2D eigenvalue weighted by Gasteiger charge is 2.26. The fourth-order valence-corrected chi connectivity index (χ4v) is 3.63. The molecular formula is C23H25N5O3. The Morgan fingerprint density at radius 1 is 1.00 bits per heavy atom. The first kappa shape index (κ1) is 20.6. The van der Waals surface area contributed by atoms with Gasteiger partial charge in [0.2, 0.25) is 17.6 Å². The van der Waals surface area contributed by atoms with Crippen LogP contribution in [0.15, 0.2) is 59.1 Å². The van der Waals surface area contributed by atoms with Gasteiger partial charge in [-0.2, -0.15) is 4.98 Å². The van der Waals surface area contributed by atoms with E-state index in [1.807, 2.05) is 35.2 Å². The van der Waals surface area contributed by atoms with Crippen molar-refractivity contribution in [1.82, 2.24) is 20.4 Å². The van der Waals surface area contributed by atoms with Crippen LogP contribution in [0.25, 0.3) is 11.4 Å². The monoisotopic (exact) mass is 419 g/mol. The summed E-state index contributed by atoms with van der Waals surface area (Å²) in [6.07, 6.45) is 0. The molecule has 31 heavy (non-hydrogen) atoms. The smallest absolute Gasteiger partial charge is 0.251 e. The van der Waals surface area contributed by atoms with Gasteiger partial charge in [-0.3, -0.25) is 9.59 Å². The Bertz CT molecular complexity index is 1040. The summed E-state index contributed by atoms with van der Waals surface area (Å²) in [4.78, 5) is 33.4. The van der Waals surface area contributed by atoms with E-state index in [-0.39, 0.29) is 11.8 Å². The zero-order chi connectivity index (χ0) is 21.8. The third kappa shape index (κ3) is 4.74. The second-order valence-electron chi connectivity index (χ2n) is 7.56. The van der Waals surface area contributed by atoms with Gasteiger partial charge in [0.25, 0.3) is 5.91 Å². The van der Waals surface area contributed by atoms with Gasteiger partial charge in [0.1, 0.15) is 6.04 Å². The molecule has 1 atom stereocenters. The lowest BCUT2D eigenvalue weighted by Gasteiger charge is -2.37. The molecule has 1 saturated heterocycles. The molecule has 3 aromatic rings. The normalized spacial score (nSPS) is 14.9. The molecule has 1 aliphatic heterocycles. The molecule has 0 unspecified atom stereocenters. The fraction of sp³-hybridized carbons (Fsp3) is 0.304. The second-order valence-corrected chi connectivity index (χ2v) is 7.56. The number of hydrogen-bond acceptors (Lipinski definition) is 6. The van der Waals surface area contributed by atoms with E-state index < -0.39 is 6.04 Å². The summed E-state index contributed by atoms with van der Waals surface area (Å²) in [7, 11) is 0. The Kier molecular flexibility index (Phi) is 5.97. The van der Waals surface area contributed by atoms with E-state index in [4.69, 9.17) is 4.52 Å². The number of carbonyl (C=O) groups is 2. The maximum absolute atomic E-state index is 12.8. The molecule has 2 aromatic carbocycles. The molecule has 0 bridgehead atoms. The topological polar surface area (TPSA) is 91.6 Å². The van der Waals surface area contributed by atoms with Gasteiger partial charge in [-0.1, -0.05) is 23.4 Å². The number of anilines is 1. The standard InChI is InChI=1S/C23H25N5O3/c1-16(24-22(29)19-6-4-3-5-7-19)23(30)28-14-12-27(13-15-28)20-10-8-18(9-11-20)21-25-17(2)31-26-21/h3-11,16H,12-15H2,1-2H3,(H,24,29)/t16-/m1/s1. The van der Waals surface area contributed by atoms with Gasteiger partial charge in [-0.25, -0.2) is 0 Å². The van der Waals surface area contributed by atoms with E-state index in [0.717, 1.165) is 24.3 Å². The fourth-order valence-electron chi connectivity index (χ4n) is 3.63. The SMILES string of the molecule is Cc1nc(-c2ccc(N3CCN(C(=O)[C@@H](C)NC(=O)c4ccccc4)CC3)cc2)no1. The molecule has 0 radical (unpaired) electrons.